The van der Waals surface area contributed by atoms with Gasteiger partial charge in [-0.3, -0.25) is 4.79 Å². The number of ether oxygens (including phenoxy) is 1. The van der Waals surface area contributed by atoms with Crippen LogP contribution in [0, 0.1) is 5.82 Å². The minimum absolute atomic E-state index is 0.168. The smallest absolute Gasteiger partial charge is 0.511 e. The van der Waals surface area contributed by atoms with Crippen molar-refractivity contribution in [3.8, 4) is 11.5 Å². The van der Waals surface area contributed by atoms with E-state index >= 15 is 0 Å². The molecule has 0 unspecified atom stereocenters. The van der Waals surface area contributed by atoms with Crippen LogP contribution in [0.15, 0.2) is 42.9 Å². The number of carbonyl (C=O) groups is 1. The van der Waals surface area contributed by atoms with Gasteiger partial charge in [0.05, 0.1) is 24.9 Å². The van der Waals surface area contributed by atoms with Crippen LogP contribution in [0.5, 0.6) is 11.5 Å². The zero-order valence-electron chi connectivity index (χ0n) is 14.6. The summed E-state index contributed by atoms with van der Waals surface area (Å²) in [5.74, 6) is -0.347. The molecule has 1 amide bonds. The molecule has 3 aromatic rings. The molecule has 0 spiro atoms. The van der Waals surface area contributed by atoms with E-state index in [4.69, 9.17) is 19.4 Å². The van der Waals surface area contributed by atoms with Crippen LogP contribution in [0.2, 0.25) is 0 Å². The molecule has 0 aliphatic heterocycles. The van der Waals surface area contributed by atoms with Gasteiger partial charge in [-0.2, -0.15) is 0 Å². The number of rotatable bonds is 6. The summed E-state index contributed by atoms with van der Waals surface area (Å²) in [7, 11) is -0.509. The van der Waals surface area contributed by atoms with Gasteiger partial charge in [0.25, 0.3) is 5.91 Å². The molecule has 0 bridgehead atoms. The molecule has 2 aromatic heterocycles. The Bertz CT molecular complexity index is 978. The van der Waals surface area contributed by atoms with Gasteiger partial charge in [-0.05, 0) is 36.8 Å². The van der Waals surface area contributed by atoms with Gasteiger partial charge < -0.3 is 29.2 Å². The average Bonchev–Trinajstić information content (AvgIpc) is 3.03. The number of benzene rings is 1. The largest absolute Gasteiger partial charge is 0.707 e. The fourth-order valence-corrected chi connectivity index (χ4v) is 2.65. The van der Waals surface area contributed by atoms with Gasteiger partial charge in [-0.15, -0.1) is 0 Å². The Morgan fingerprint density at radius 2 is 2.07 bits per heavy atom. The van der Waals surface area contributed by atoms with E-state index in [0.29, 0.717) is 16.8 Å². The van der Waals surface area contributed by atoms with Crippen LogP contribution < -0.4 is 14.7 Å². The van der Waals surface area contributed by atoms with E-state index in [1.165, 1.54) is 42.2 Å². The van der Waals surface area contributed by atoms with Gasteiger partial charge in [-0.25, -0.2) is 9.37 Å². The standard InChI is InChI=1S/C17H17BFN3O5/c1-10(11-5-12(19)7-14(6-11)26-2)21-17(23)16-15-4-3-13(27-18(24)25)8-22(15)9-20-16/h3-10,24-25H,1-2H3,(H,21,23)/t10-/m1/s1. The van der Waals surface area contributed by atoms with Gasteiger partial charge in [0, 0.05) is 6.07 Å². The first-order valence-electron chi connectivity index (χ1n) is 8.02. The lowest BCUT2D eigenvalue weighted by Crippen LogP contribution is -2.27. The number of hydrogen-bond acceptors (Lipinski definition) is 6. The summed E-state index contributed by atoms with van der Waals surface area (Å²) in [6.45, 7) is 1.72. The number of pyridine rings is 1. The van der Waals surface area contributed by atoms with E-state index in [0.717, 1.165) is 0 Å². The first kappa shape index (κ1) is 18.7. The molecule has 2 heterocycles. The van der Waals surface area contributed by atoms with Crippen LogP contribution in [-0.4, -0.2) is 39.8 Å². The predicted octanol–water partition coefficient (Wildman–Crippen LogP) is 1.32. The third-order valence-electron chi connectivity index (χ3n) is 3.94. The Labute approximate surface area is 154 Å². The number of carbonyl (C=O) groups excluding carboxylic acids is 1. The molecule has 0 radical (unpaired) electrons. The highest BCUT2D eigenvalue weighted by molar-refractivity contribution is 6.33. The van der Waals surface area contributed by atoms with Crippen molar-refractivity contribution in [1.82, 2.24) is 14.7 Å². The molecule has 140 valence electrons. The Hall–Kier alpha value is -3.11. The highest BCUT2D eigenvalue weighted by Crippen LogP contribution is 2.22. The van der Waals surface area contributed by atoms with Gasteiger partial charge in [0.2, 0.25) is 0 Å². The monoisotopic (exact) mass is 373 g/mol. The molecule has 0 saturated carbocycles. The van der Waals surface area contributed by atoms with Gasteiger partial charge in [0.1, 0.15) is 23.6 Å². The SMILES string of the molecule is COc1cc(F)cc([C@@H](C)NC(=O)c2ncn3cc(OB(O)O)ccc23)c1. The van der Waals surface area contributed by atoms with E-state index in [9.17, 15) is 9.18 Å². The average molecular weight is 373 g/mol. The molecule has 1 aromatic carbocycles. The van der Waals surface area contributed by atoms with Gasteiger partial charge >= 0.3 is 7.32 Å². The zero-order chi connectivity index (χ0) is 19.6. The fraction of sp³-hybridized carbons (Fsp3) is 0.176. The van der Waals surface area contributed by atoms with Crippen LogP contribution in [-0.2, 0) is 0 Å². The maximum absolute atomic E-state index is 13.7. The Morgan fingerprint density at radius 3 is 2.78 bits per heavy atom. The van der Waals surface area contributed by atoms with E-state index in [1.807, 2.05) is 0 Å². The van der Waals surface area contributed by atoms with Crippen molar-refractivity contribution in [1.29, 1.82) is 0 Å². The number of nitrogens with zero attached hydrogens (tertiary/aromatic N) is 2. The van der Waals surface area contributed by atoms with Crippen LogP contribution in [0.3, 0.4) is 0 Å². The summed E-state index contributed by atoms with van der Waals surface area (Å²) in [6.07, 6.45) is 2.86. The van der Waals surface area contributed by atoms with Crippen LogP contribution in [0.25, 0.3) is 5.52 Å². The molecule has 27 heavy (non-hydrogen) atoms. The number of amides is 1. The number of methoxy groups -OCH3 is 1. The third-order valence-corrected chi connectivity index (χ3v) is 3.94. The highest BCUT2D eigenvalue weighted by atomic mass is 19.1. The second kappa shape index (κ2) is 7.64. The van der Waals surface area contributed by atoms with Crippen molar-refractivity contribution in [2.75, 3.05) is 7.11 Å². The van der Waals surface area contributed by atoms with Crippen LogP contribution >= 0.6 is 0 Å². The van der Waals surface area contributed by atoms with E-state index < -0.39 is 25.1 Å². The molecule has 3 rings (SSSR count). The normalized spacial score (nSPS) is 11.9. The van der Waals surface area contributed by atoms with Crippen molar-refractivity contribution in [3.05, 3.63) is 59.9 Å². The van der Waals surface area contributed by atoms with E-state index in [1.54, 1.807) is 19.1 Å². The maximum atomic E-state index is 13.7. The molecular weight excluding hydrogens is 356 g/mol. The molecule has 0 aliphatic rings. The number of nitrogens with one attached hydrogen (secondary N) is 1. The van der Waals surface area contributed by atoms with Crippen molar-refractivity contribution in [3.63, 3.8) is 0 Å². The molecule has 0 aliphatic carbocycles. The van der Waals surface area contributed by atoms with Crippen LogP contribution in [0.1, 0.15) is 29.0 Å². The Balaban J connectivity index is 1.80. The molecule has 3 N–H and O–H groups in total. The molecule has 1 atom stereocenters. The molecule has 8 nitrogen and oxygen atoms in total. The first-order chi connectivity index (χ1) is 12.9. The van der Waals surface area contributed by atoms with E-state index in [-0.39, 0.29) is 11.4 Å². The quantitative estimate of drug-likeness (QED) is 0.563. The highest BCUT2D eigenvalue weighted by Gasteiger charge is 2.18. The number of imidazole rings is 1. The molecular formula is C17H17BFN3O5. The first-order valence-corrected chi connectivity index (χ1v) is 8.02. The number of halogens is 1. The van der Waals surface area contributed by atoms with Crippen LogP contribution in [0.4, 0.5) is 4.39 Å². The molecule has 10 heteroatoms. The maximum Gasteiger partial charge on any atom is 0.707 e. The van der Waals surface area contributed by atoms with Gasteiger partial charge in [-0.1, -0.05) is 0 Å². The lowest BCUT2D eigenvalue weighted by molar-refractivity contribution is 0.0937. The predicted molar refractivity (Wildman–Crippen MR) is 94.8 cm³/mol. The second-order valence-electron chi connectivity index (χ2n) is 5.81. The van der Waals surface area contributed by atoms with Crippen molar-refractivity contribution >= 4 is 18.7 Å². The third kappa shape index (κ3) is 4.18. The summed E-state index contributed by atoms with van der Waals surface area (Å²) >= 11 is 0. The summed E-state index contributed by atoms with van der Waals surface area (Å²) in [5.41, 5.74) is 1.22. The summed E-state index contributed by atoms with van der Waals surface area (Å²) < 4.78 is 25.0. The van der Waals surface area contributed by atoms with Crippen molar-refractivity contribution in [2.24, 2.45) is 0 Å². The lowest BCUT2D eigenvalue weighted by atomic mass is 10.1. The summed E-state index contributed by atoms with van der Waals surface area (Å²) in [6, 6.07) is 6.78. The number of fused-ring (bicyclic) bond motifs is 1. The van der Waals surface area contributed by atoms with Crippen molar-refractivity contribution in [2.45, 2.75) is 13.0 Å². The zero-order valence-corrected chi connectivity index (χ0v) is 14.6. The van der Waals surface area contributed by atoms with Crippen molar-refractivity contribution < 1.29 is 28.6 Å². The molecule has 0 fully saturated rings. The fourth-order valence-electron chi connectivity index (χ4n) is 2.65. The van der Waals surface area contributed by atoms with E-state index in [2.05, 4.69) is 10.3 Å². The summed E-state index contributed by atoms with van der Waals surface area (Å²) in [4.78, 5) is 16.7. The Morgan fingerprint density at radius 1 is 1.30 bits per heavy atom. The minimum Gasteiger partial charge on any atom is -0.511 e. The number of hydrogen-bond donors (Lipinski definition) is 3. The van der Waals surface area contributed by atoms with Gasteiger partial charge in [0.15, 0.2) is 5.69 Å². The lowest BCUT2D eigenvalue weighted by Gasteiger charge is -2.15. The summed E-state index contributed by atoms with van der Waals surface area (Å²) in [5, 5.41) is 20.5. The molecule has 0 saturated heterocycles. The Kier molecular flexibility index (Phi) is 5.29. The second-order valence-corrected chi connectivity index (χ2v) is 5.81. The number of aromatic nitrogens is 2. The minimum atomic E-state index is -1.95. The topological polar surface area (TPSA) is 105 Å².